The molecule has 4 aliphatic carbocycles. The third kappa shape index (κ3) is 1.74. The highest BCUT2D eigenvalue weighted by Crippen LogP contribution is 2.65. The first kappa shape index (κ1) is 14.3. The predicted molar refractivity (Wildman–Crippen MR) is 91.0 cm³/mol. The minimum absolute atomic E-state index is 0.0356. The quantitative estimate of drug-likeness (QED) is 0.688. The maximum Gasteiger partial charge on any atom is 0.235 e. The van der Waals surface area contributed by atoms with Crippen LogP contribution in [0.5, 0.6) is 0 Å². The van der Waals surface area contributed by atoms with Crippen molar-refractivity contribution in [2.75, 3.05) is 12.0 Å². The molecule has 4 nitrogen and oxygen atoms in total. The molecule has 1 aromatic carbocycles. The summed E-state index contributed by atoms with van der Waals surface area (Å²) >= 11 is 0. The number of benzene rings is 1. The van der Waals surface area contributed by atoms with Gasteiger partial charge in [0.25, 0.3) is 0 Å². The number of nitrogens with one attached hydrogen (secondary N) is 1. The minimum atomic E-state index is -0.101. The predicted octanol–water partition coefficient (Wildman–Crippen LogP) is 2.73. The van der Waals surface area contributed by atoms with Gasteiger partial charge in [0.05, 0.1) is 18.5 Å². The van der Waals surface area contributed by atoms with Gasteiger partial charge in [-0.15, -0.1) is 0 Å². The zero-order valence-electron chi connectivity index (χ0n) is 14.0. The number of hydrogen-bond donors (Lipinski definition) is 1. The van der Waals surface area contributed by atoms with Crippen molar-refractivity contribution in [2.45, 2.75) is 20.3 Å². The molecule has 0 radical (unpaired) electrons. The maximum atomic E-state index is 12.9. The van der Waals surface area contributed by atoms with E-state index in [9.17, 15) is 9.59 Å². The topological polar surface area (TPSA) is 49.4 Å². The first-order chi connectivity index (χ1) is 11.6. The molecule has 0 aromatic heterocycles. The standard InChI is InChI=1S/C20H22N2O2/c1-10-4-3-5-11(2)18(10)21-9-22-19(23)16-12-6-7-13(15-8-14(12)15)17(16)20(22)24/h3-7,12-17,21H,8-9H2,1-2H3/t12-,13-,14-,15+,16+,17+/m1/s1. The summed E-state index contributed by atoms with van der Waals surface area (Å²) in [6.07, 6.45) is 5.64. The van der Waals surface area contributed by atoms with Gasteiger partial charge < -0.3 is 5.32 Å². The van der Waals surface area contributed by atoms with E-state index in [1.165, 1.54) is 11.3 Å². The largest absolute Gasteiger partial charge is 0.367 e. The van der Waals surface area contributed by atoms with Crippen LogP contribution in [0.15, 0.2) is 30.4 Å². The Labute approximate surface area is 141 Å². The summed E-state index contributed by atoms with van der Waals surface area (Å²) in [6.45, 7) is 4.37. The first-order valence-electron chi connectivity index (χ1n) is 8.91. The molecular formula is C20H22N2O2. The molecule has 4 heteroatoms. The van der Waals surface area contributed by atoms with Crippen molar-refractivity contribution < 1.29 is 9.59 Å². The van der Waals surface area contributed by atoms with Crippen LogP contribution in [0.1, 0.15) is 17.5 Å². The molecule has 1 saturated heterocycles. The van der Waals surface area contributed by atoms with Crippen molar-refractivity contribution in [3.05, 3.63) is 41.5 Å². The normalized spacial score (nSPS) is 38.3. The lowest BCUT2D eigenvalue weighted by atomic mass is 9.63. The van der Waals surface area contributed by atoms with Gasteiger partial charge in [0.15, 0.2) is 0 Å². The van der Waals surface area contributed by atoms with Crippen LogP contribution in [0.2, 0.25) is 0 Å². The van der Waals surface area contributed by atoms with Gasteiger partial charge in [0.2, 0.25) is 11.8 Å². The number of likely N-dealkylation sites (tertiary alicyclic amines) is 1. The fraction of sp³-hybridized carbons (Fsp3) is 0.500. The van der Waals surface area contributed by atoms with Crippen LogP contribution in [0.25, 0.3) is 0 Å². The number of rotatable bonds is 3. The average Bonchev–Trinajstić information content (AvgIpc) is 3.34. The number of carbonyl (C=O) groups excluding carboxylic acids is 2. The second-order valence-electron chi connectivity index (χ2n) is 7.86. The second kappa shape index (κ2) is 4.71. The molecule has 0 unspecified atom stereocenters. The van der Waals surface area contributed by atoms with Crippen LogP contribution in [0.4, 0.5) is 5.69 Å². The molecule has 6 atom stereocenters. The molecule has 1 N–H and O–H groups in total. The van der Waals surface area contributed by atoms with E-state index in [1.807, 2.05) is 32.0 Å². The smallest absolute Gasteiger partial charge is 0.235 e. The molecular weight excluding hydrogens is 300 g/mol. The highest BCUT2D eigenvalue weighted by molar-refractivity contribution is 6.06. The highest BCUT2D eigenvalue weighted by atomic mass is 16.2. The van der Waals surface area contributed by atoms with Crippen molar-refractivity contribution in [1.29, 1.82) is 0 Å². The number of amides is 2. The number of carbonyl (C=O) groups is 2. The monoisotopic (exact) mass is 322 g/mol. The summed E-state index contributed by atoms with van der Waals surface area (Å²) in [5, 5.41) is 3.33. The molecule has 6 rings (SSSR count). The van der Waals surface area contributed by atoms with E-state index >= 15 is 0 Å². The Balaban J connectivity index is 1.39. The summed E-state index contributed by atoms with van der Waals surface area (Å²) in [5.41, 5.74) is 3.29. The van der Waals surface area contributed by atoms with E-state index in [4.69, 9.17) is 0 Å². The average molecular weight is 322 g/mol. The lowest BCUT2D eigenvalue weighted by Crippen LogP contribution is -2.40. The van der Waals surface area contributed by atoms with Gasteiger partial charge >= 0.3 is 0 Å². The van der Waals surface area contributed by atoms with E-state index in [0.717, 1.165) is 16.8 Å². The van der Waals surface area contributed by atoms with Gasteiger partial charge in [0, 0.05) is 5.69 Å². The Hall–Kier alpha value is -2.10. The third-order valence-corrected chi connectivity index (χ3v) is 6.65. The third-order valence-electron chi connectivity index (χ3n) is 6.65. The number of imide groups is 1. The van der Waals surface area contributed by atoms with Gasteiger partial charge in [-0.05, 0) is 55.1 Å². The van der Waals surface area contributed by atoms with Crippen LogP contribution in [-0.4, -0.2) is 23.4 Å². The van der Waals surface area contributed by atoms with Gasteiger partial charge in [0.1, 0.15) is 0 Å². The van der Waals surface area contributed by atoms with Crippen molar-refractivity contribution in [3.8, 4) is 0 Å². The SMILES string of the molecule is Cc1cccc(C)c1NCN1C(=O)[C@H]2[C@@H]3C=C[C@H]([C@@H]4C[C@H]34)[C@@H]2C1=O. The van der Waals surface area contributed by atoms with Gasteiger partial charge in [-0.3, -0.25) is 14.5 Å². The highest BCUT2D eigenvalue weighted by Gasteiger charge is 2.66. The summed E-state index contributed by atoms with van der Waals surface area (Å²) in [7, 11) is 0. The minimum Gasteiger partial charge on any atom is -0.367 e. The molecule has 1 heterocycles. The van der Waals surface area contributed by atoms with Crippen molar-refractivity contribution in [3.63, 3.8) is 0 Å². The summed E-state index contributed by atoms with van der Waals surface area (Å²) in [4.78, 5) is 27.3. The van der Waals surface area contributed by atoms with Gasteiger partial charge in [-0.25, -0.2) is 0 Å². The molecule has 124 valence electrons. The zero-order chi connectivity index (χ0) is 16.6. The number of allylic oxidation sites excluding steroid dienone is 2. The van der Waals surface area contributed by atoms with E-state index in [0.29, 0.717) is 23.7 Å². The second-order valence-corrected chi connectivity index (χ2v) is 7.86. The molecule has 24 heavy (non-hydrogen) atoms. The van der Waals surface area contributed by atoms with Gasteiger partial charge in [-0.2, -0.15) is 0 Å². The Kier molecular flexibility index (Phi) is 2.80. The van der Waals surface area contributed by atoms with E-state index < -0.39 is 0 Å². The van der Waals surface area contributed by atoms with Crippen molar-refractivity contribution in [1.82, 2.24) is 4.90 Å². The van der Waals surface area contributed by atoms with Crippen LogP contribution in [-0.2, 0) is 9.59 Å². The molecule has 1 aromatic rings. The molecule has 2 bridgehead atoms. The van der Waals surface area contributed by atoms with E-state index in [2.05, 4.69) is 17.5 Å². The number of anilines is 1. The summed E-state index contributed by atoms with van der Waals surface area (Å²) in [6, 6.07) is 6.10. The molecule has 2 saturated carbocycles. The molecule has 0 spiro atoms. The Morgan fingerprint density at radius 1 is 1.00 bits per heavy atom. The Bertz CT molecular complexity index is 728. The fourth-order valence-corrected chi connectivity index (χ4v) is 5.43. The zero-order valence-corrected chi connectivity index (χ0v) is 14.0. The number of aryl methyl sites for hydroxylation is 2. The molecule has 2 amide bonds. The molecule has 3 fully saturated rings. The number of nitrogens with zero attached hydrogens (tertiary/aromatic N) is 1. The van der Waals surface area contributed by atoms with E-state index in [1.54, 1.807) is 0 Å². The Morgan fingerprint density at radius 2 is 1.54 bits per heavy atom. The van der Waals surface area contributed by atoms with Crippen molar-refractivity contribution in [2.24, 2.45) is 35.5 Å². The van der Waals surface area contributed by atoms with Crippen LogP contribution >= 0.6 is 0 Å². The van der Waals surface area contributed by atoms with Crippen LogP contribution < -0.4 is 5.32 Å². The van der Waals surface area contributed by atoms with Gasteiger partial charge in [-0.1, -0.05) is 30.4 Å². The summed E-state index contributed by atoms with van der Waals surface area (Å²) < 4.78 is 0. The van der Waals surface area contributed by atoms with Crippen molar-refractivity contribution >= 4 is 17.5 Å². The first-order valence-corrected chi connectivity index (χ1v) is 8.91. The number of para-hydroxylation sites is 1. The molecule has 5 aliphatic rings. The van der Waals surface area contributed by atoms with Crippen LogP contribution in [0, 0.1) is 49.4 Å². The van der Waals surface area contributed by atoms with Crippen LogP contribution in [0.3, 0.4) is 0 Å². The Morgan fingerprint density at radius 3 is 2.08 bits per heavy atom. The fourth-order valence-electron chi connectivity index (χ4n) is 5.43. The molecule has 1 aliphatic heterocycles. The lowest BCUT2D eigenvalue weighted by Gasteiger charge is -2.37. The maximum absolute atomic E-state index is 12.9. The lowest BCUT2D eigenvalue weighted by molar-refractivity contribution is -0.139. The van der Waals surface area contributed by atoms with E-state index in [-0.39, 0.29) is 30.3 Å². The summed E-state index contributed by atoms with van der Waals surface area (Å²) in [5.74, 6) is 1.78. The number of hydrogen-bond acceptors (Lipinski definition) is 3.